The Labute approximate surface area is 126 Å². The number of anilines is 1. The third-order valence-corrected chi connectivity index (χ3v) is 4.13. The number of ether oxygens (including phenoxy) is 1. The van der Waals surface area contributed by atoms with Crippen LogP contribution in [-0.2, 0) is 16.1 Å². The minimum Gasteiger partial charge on any atom is -0.380 e. The molecule has 5 nitrogen and oxygen atoms in total. The van der Waals surface area contributed by atoms with E-state index in [0.717, 1.165) is 37.2 Å². The number of likely N-dealkylation sites (tertiary alicyclic amines) is 1. The molecular formula is C16H25N3O2. The molecule has 2 unspecified atom stereocenters. The van der Waals surface area contributed by atoms with Crippen LogP contribution in [0.5, 0.6) is 0 Å². The average molecular weight is 291 g/mol. The number of rotatable bonds is 5. The largest absolute Gasteiger partial charge is 0.380 e. The van der Waals surface area contributed by atoms with Crippen LogP contribution in [0.3, 0.4) is 0 Å². The summed E-state index contributed by atoms with van der Waals surface area (Å²) in [4.78, 5) is 14.5. The van der Waals surface area contributed by atoms with E-state index < -0.39 is 0 Å². The van der Waals surface area contributed by atoms with Crippen molar-refractivity contribution in [1.82, 2.24) is 4.90 Å². The second-order valence-corrected chi connectivity index (χ2v) is 5.56. The molecule has 1 aliphatic heterocycles. The summed E-state index contributed by atoms with van der Waals surface area (Å²) >= 11 is 0. The number of nitrogens with one attached hydrogen (secondary N) is 1. The first-order valence-electron chi connectivity index (χ1n) is 7.50. The Bertz CT molecular complexity index is 461. The van der Waals surface area contributed by atoms with E-state index in [1.807, 2.05) is 31.2 Å². The molecule has 0 bridgehead atoms. The molecule has 1 aliphatic rings. The zero-order valence-corrected chi connectivity index (χ0v) is 12.8. The number of hydrogen-bond acceptors (Lipinski definition) is 4. The SMILES string of the molecule is COC1CCCN(C(C)C(=O)Nc2ccc(CN)cc2)C1. The van der Waals surface area contributed by atoms with Gasteiger partial charge in [-0.1, -0.05) is 12.1 Å². The van der Waals surface area contributed by atoms with Crippen molar-refractivity contribution < 1.29 is 9.53 Å². The van der Waals surface area contributed by atoms with Gasteiger partial charge in [-0.2, -0.15) is 0 Å². The molecule has 1 saturated heterocycles. The Morgan fingerprint density at radius 3 is 2.81 bits per heavy atom. The lowest BCUT2D eigenvalue weighted by Crippen LogP contribution is -2.48. The third kappa shape index (κ3) is 4.27. The average Bonchev–Trinajstić information content (AvgIpc) is 2.54. The highest BCUT2D eigenvalue weighted by atomic mass is 16.5. The van der Waals surface area contributed by atoms with Crippen LogP contribution in [0.2, 0.25) is 0 Å². The molecule has 0 spiro atoms. The number of methoxy groups -OCH3 is 1. The highest BCUT2D eigenvalue weighted by molar-refractivity contribution is 5.94. The zero-order chi connectivity index (χ0) is 15.2. The first-order valence-corrected chi connectivity index (χ1v) is 7.50. The van der Waals surface area contributed by atoms with Crippen molar-refractivity contribution in [2.45, 2.75) is 38.5 Å². The topological polar surface area (TPSA) is 67.6 Å². The van der Waals surface area contributed by atoms with Gasteiger partial charge in [-0.05, 0) is 44.0 Å². The standard InChI is InChI=1S/C16H25N3O2/c1-12(19-9-3-4-15(11-19)21-2)16(20)18-14-7-5-13(10-17)6-8-14/h5-8,12,15H,3-4,9-11,17H2,1-2H3,(H,18,20). The first-order chi connectivity index (χ1) is 10.1. The van der Waals surface area contributed by atoms with E-state index in [4.69, 9.17) is 10.5 Å². The van der Waals surface area contributed by atoms with E-state index in [2.05, 4.69) is 10.2 Å². The van der Waals surface area contributed by atoms with Gasteiger partial charge in [-0.3, -0.25) is 9.69 Å². The van der Waals surface area contributed by atoms with E-state index in [-0.39, 0.29) is 18.1 Å². The molecule has 21 heavy (non-hydrogen) atoms. The van der Waals surface area contributed by atoms with Gasteiger partial charge in [0.2, 0.25) is 5.91 Å². The van der Waals surface area contributed by atoms with Crippen molar-refractivity contribution in [3.63, 3.8) is 0 Å². The van der Waals surface area contributed by atoms with Crippen LogP contribution in [-0.4, -0.2) is 43.2 Å². The summed E-state index contributed by atoms with van der Waals surface area (Å²) in [6, 6.07) is 7.49. The van der Waals surface area contributed by atoms with Gasteiger partial charge >= 0.3 is 0 Å². The van der Waals surface area contributed by atoms with Crippen LogP contribution in [0.4, 0.5) is 5.69 Å². The summed E-state index contributed by atoms with van der Waals surface area (Å²) in [5.41, 5.74) is 7.43. The Morgan fingerprint density at radius 2 is 2.19 bits per heavy atom. The van der Waals surface area contributed by atoms with Crippen molar-refractivity contribution in [2.24, 2.45) is 5.73 Å². The third-order valence-electron chi connectivity index (χ3n) is 4.13. The molecule has 1 heterocycles. The van der Waals surface area contributed by atoms with Gasteiger partial charge in [0.15, 0.2) is 0 Å². The fourth-order valence-corrected chi connectivity index (χ4v) is 2.65. The molecule has 2 rings (SSSR count). The smallest absolute Gasteiger partial charge is 0.241 e. The van der Waals surface area contributed by atoms with Crippen LogP contribution in [0, 0.1) is 0 Å². The lowest BCUT2D eigenvalue weighted by atomic mass is 10.1. The summed E-state index contributed by atoms with van der Waals surface area (Å²) in [6.07, 6.45) is 2.38. The molecule has 3 N–H and O–H groups in total. The normalized spacial score (nSPS) is 21.0. The molecule has 0 saturated carbocycles. The number of nitrogens with two attached hydrogens (primary N) is 1. The number of benzene rings is 1. The van der Waals surface area contributed by atoms with Crippen molar-refractivity contribution in [2.75, 3.05) is 25.5 Å². The van der Waals surface area contributed by atoms with E-state index in [1.165, 1.54) is 0 Å². The van der Waals surface area contributed by atoms with E-state index >= 15 is 0 Å². The fraction of sp³-hybridized carbons (Fsp3) is 0.562. The lowest BCUT2D eigenvalue weighted by molar-refractivity contribution is -0.122. The van der Waals surface area contributed by atoms with E-state index in [9.17, 15) is 4.79 Å². The minimum atomic E-state index is -0.155. The molecule has 5 heteroatoms. The van der Waals surface area contributed by atoms with Gasteiger partial charge in [0, 0.05) is 25.9 Å². The summed E-state index contributed by atoms with van der Waals surface area (Å²) in [7, 11) is 1.73. The molecule has 0 aliphatic carbocycles. The molecule has 1 fully saturated rings. The summed E-state index contributed by atoms with van der Waals surface area (Å²) in [5, 5.41) is 2.96. The Balaban J connectivity index is 1.92. The Morgan fingerprint density at radius 1 is 1.48 bits per heavy atom. The maximum atomic E-state index is 12.3. The number of carbonyl (C=O) groups excluding carboxylic acids is 1. The Hall–Kier alpha value is -1.43. The molecule has 2 atom stereocenters. The zero-order valence-electron chi connectivity index (χ0n) is 12.8. The maximum Gasteiger partial charge on any atom is 0.241 e. The van der Waals surface area contributed by atoms with Crippen LogP contribution in [0.25, 0.3) is 0 Å². The van der Waals surface area contributed by atoms with Gasteiger partial charge in [0.25, 0.3) is 0 Å². The highest BCUT2D eigenvalue weighted by Crippen LogP contribution is 2.16. The van der Waals surface area contributed by atoms with Crippen LogP contribution < -0.4 is 11.1 Å². The van der Waals surface area contributed by atoms with Crippen molar-refractivity contribution >= 4 is 11.6 Å². The number of piperidine rings is 1. The summed E-state index contributed by atoms with van der Waals surface area (Å²) in [5.74, 6) is 0.0206. The Kier molecular flexibility index (Phi) is 5.73. The molecule has 1 aromatic carbocycles. The second-order valence-electron chi connectivity index (χ2n) is 5.56. The molecule has 1 aromatic rings. The van der Waals surface area contributed by atoms with Gasteiger partial charge in [-0.15, -0.1) is 0 Å². The van der Waals surface area contributed by atoms with Crippen LogP contribution >= 0.6 is 0 Å². The summed E-state index contributed by atoms with van der Waals surface area (Å²) in [6.45, 7) is 4.22. The predicted octanol–water partition coefficient (Wildman–Crippen LogP) is 1.58. The van der Waals surface area contributed by atoms with Crippen molar-refractivity contribution in [1.29, 1.82) is 0 Å². The van der Waals surface area contributed by atoms with Crippen molar-refractivity contribution in [3.8, 4) is 0 Å². The van der Waals surface area contributed by atoms with Gasteiger partial charge < -0.3 is 15.8 Å². The lowest BCUT2D eigenvalue weighted by Gasteiger charge is -2.35. The van der Waals surface area contributed by atoms with E-state index in [0.29, 0.717) is 6.54 Å². The molecule has 1 amide bonds. The monoisotopic (exact) mass is 291 g/mol. The van der Waals surface area contributed by atoms with E-state index in [1.54, 1.807) is 7.11 Å². The van der Waals surface area contributed by atoms with Crippen LogP contribution in [0.15, 0.2) is 24.3 Å². The minimum absolute atomic E-state index is 0.0206. The maximum absolute atomic E-state index is 12.3. The molecule has 116 valence electrons. The van der Waals surface area contributed by atoms with Gasteiger partial charge in [0.1, 0.15) is 0 Å². The van der Waals surface area contributed by atoms with Crippen LogP contribution in [0.1, 0.15) is 25.3 Å². The number of carbonyl (C=O) groups is 1. The highest BCUT2D eigenvalue weighted by Gasteiger charge is 2.27. The molecule has 0 aromatic heterocycles. The van der Waals surface area contributed by atoms with Gasteiger partial charge in [-0.25, -0.2) is 0 Å². The second kappa shape index (κ2) is 7.54. The molecule has 0 radical (unpaired) electrons. The quantitative estimate of drug-likeness (QED) is 0.864. The number of amides is 1. The number of nitrogens with zero attached hydrogens (tertiary/aromatic N) is 1. The molecular weight excluding hydrogens is 266 g/mol. The van der Waals surface area contributed by atoms with Crippen molar-refractivity contribution in [3.05, 3.63) is 29.8 Å². The summed E-state index contributed by atoms with van der Waals surface area (Å²) < 4.78 is 5.41. The van der Waals surface area contributed by atoms with Gasteiger partial charge in [0.05, 0.1) is 12.1 Å². The first kappa shape index (κ1) is 15.9. The predicted molar refractivity (Wildman–Crippen MR) is 84.0 cm³/mol. The fourth-order valence-electron chi connectivity index (χ4n) is 2.65. The number of hydrogen-bond donors (Lipinski definition) is 2.